The van der Waals surface area contributed by atoms with Crippen LogP contribution in [-0.2, 0) is 16.1 Å². The Balaban J connectivity index is 1.52. The number of ether oxygens (including phenoxy) is 2. The highest BCUT2D eigenvalue weighted by atomic mass is 16.7. The number of carboxylic acids is 1. The summed E-state index contributed by atoms with van der Waals surface area (Å²) in [4.78, 5) is 27.1. The monoisotopic (exact) mass is 386 g/mol. The van der Waals surface area contributed by atoms with Crippen molar-refractivity contribution in [1.82, 2.24) is 15.1 Å². The summed E-state index contributed by atoms with van der Waals surface area (Å²) in [6, 6.07) is 6.70. The summed E-state index contributed by atoms with van der Waals surface area (Å²) in [6.07, 6.45) is 1.50. The Hall–Kier alpha value is -3.25. The van der Waals surface area contributed by atoms with Crippen molar-refractivity contribution in [3.05, 3.63) is 35.5 Å². The zero-order valence-corrected chi connectivity index (χ0v) is 15.6. The van der Waals surface area contributed by atoms with E-state index in [1.165, 1.54) is 13.1 Å². The lowest BCUT2D eigenvalue weighted by Gasteiger charge is -2.34. The molecule has 2 heterocycles. The molecule has 0 bridgehead atoms. The molecule has 9 nitrogen and oxygen atoms in total. The zero-order chi connectivity index (χ0) is 20.1. The summed E-state index contributed by atoms with van der Waals surface area (Å²) < 4.78 is 10.7. The van der Waals surface area contributed by atoms with Crippen molar-refractivity contribution in [3.8, 4) is 17.6 Å². The van der Waals surface area contributed by atoms with Gasteiger partial charge in [0.1, 0.15) is 17.7 Å². The Morgan fingerprint density at radius 3 is 2.68 bits per heavy atom. The van der Waals surface area contributed by atoms with Gasteiger partial charge in [-0.05, 0) is 24.6 Å². The van der Waals surface area contributed by atoms with Crippen LogP contribution in [0.15, 0.2) is 30.0 Å². The number of carboxylic acid groups (broad SMARTS) is 1. The molecule has 2 aliphatic heterocycles. The second-order valence-corrected chi connectivity index (χ2v) is 6.69. The number of nitrogens with one attached hydrogen (secondary N) is 1. The molecule has 28 heavy (non-hydrogen) atoms. The third-order valence-electron chi connectivity index (χ3n) is 4.64. The zero-order valence-electron chi connectivity index (χ0n) is 15.6. The number of piperazine rings is 1. The van der Waals surface area contributed by atoms with E-state index >= 15 is 0 Å². The van der Waals surface area contributed by atoms with E-state index in [0.717, 1.165) is 36.7 Å². The summed E-state index contributed by atoms with van der Waals surface area (Å²) in [6.45, 7) is 5.26. The third kappa shape index (κ3) is 4.72. The normalized spacial score (nSPS) is 17.7. The molecule has 0 radical (unpaired) electrons. The number of amides is 1. The van der Waals surface area contributed by atoms with E-state index in [9.17, 15) is 14.9 Å². The van der Waals surface area contributed by atoms with Gasteiger partial charge in [-0.15, -0.1) is 0 Å². The first-order chi connectivity index (χ1) is 13.5. The predicted octanol–water partition coefficient (Wildman–Crippen LogP) is 0.530. The van der Waals surface area contributed by atoms with E-state index in [2.05, 4.69) is 10.2 Å². The molecule has 1 aromatic carbocycles. The van der Waals surface area contributed by atoms with Gasteiger partial charge in [0.25, 0.3) is 5.91 Å². The fourth-order valence-electron chi connectivity index (χ4n) is 3.01. The smallest absolute Gasteiger partial charge is 0.325 e. The predicted molar refractivity (Wildman–Crippen MR) is 98.4 cm³/mol. The number of carbonyl (C=O) groups excluding carboxylic acids is 1. The number of fused-ring (bicyclic) bond motifs is 1. The average Bonchev–Trinajstić information content (AvgIpc) is 3.15. The molecule has 1 saturated heterocycles. The number of hydrogen-bond acceptors (Lipinski definition) is 7. The summed E-state index contributed by atoms with van der Waals surface area (Å²) >= 11 is 0. The van der Waals surface area contributed by atoms with E-state index in [-0.39, 0.29) is 12.4 Å². The van der Waals surface area contributed by atoms with Gasteiger partial charge in [0.15, 0.2) is 11.5 Å². The van der Waals surface area contributed by atoms with Crippen LogP contribution in [0.2, 0.25) is 0 Å². The molecule has 9 heteroatoms. The van der Waals surface area contributed by atoms with Gasteiger partial charge >= 0.3 is 5.97 Å². The first kappa shape index (κ1) is 19.5. The van der Waals surface area contributed by atoms with Crippen molar-refractivity contribution < 1.29 is 24.2 Å². The topological polar surface area (TPSA) is 115 Å². The highest BCUT2D eigenvalue weighted by molar-refractivity contribution is 5.99. The number of carbonyl (C=O) groups is 2. The van der Waals surface area contributed by atoms with E-state index < -0.39 is 17.9 Å². The van der Waals surface area contributed by atoms with Crippen molar-refractivity contribution >= 4 is 11.9 Å². The number of hydrogen-bond donors (Lipinski definition) is 2. The van der Waals surface area contributed by atoms with Gasteiger partial charge in [0, 0.05) is 38.9 Å². The van der Waals surface area contributed by atoms with Crippen LogP contribution in [0.4, 0.5) is 0 Å². The molecule has 0 spiro atoms. The minimum absolute atomic E-state index is 0.0997. The molecule has 1 unspecified atom stereocenters. The summed E-state index contributed by atoms with van der Waals surface area (Å²) in [7, 11) is 0. The first-order valence-corrected chi connectivity index (χ1v) is 8.97. The first-order valence-electron chi connectivity index (χ1n) is 8.97. The summed E-state index contributed by atoms with van der Waals surface area (Å²) in [5, 5.41) is 20.4. The second kappa shape index (κ2) is 8.63. The molecule has 2 N–H and O–H groups in total. The highest BCUT2D eigenvalue weighted by Gasteiger charge is 2.21. The lowest BCUT2D eigenvalue weighted by Crippen LogP contribution is -2.44. The quantitative estimate of drug-likeness (QED) is 0.537. The van der Waals surface area contributed by atoms with Crippen LogP contribution in [0.3, 0.4) is 0 Å². The van der Waals surface area contributed by atoms with Crippen LogP contribution < -0.4 is 14.8 Å². The summed E-state index contributed by atoms with van der Waals surface area (Å²) in [5.74, 6) is -0.305. The van der Waals surface area contributed by atoms with E-state index in [0.29, 0.717) is 13.1 Å². The molecule has 3 rings (SSSR count). The van der Waals surface area contributed by atoms with Crippen LogP contribution >= 0.6 is 0 Å². The molecule has 1 amide bonds. The Bertz CT molecular complexity index is 824. The lowest BCUT2D eigenvalue weighted by atomic mass is 10.1. The maximum Gasteiger partial charge on any atom is 0.325 e. The standard InChI is InChI=1S/C19H22N4O5/c1-13(19(25)26)21-18(24)15(9-20)11-23-6-4-22(5-7-23)10-14-2-3-16-17(8-14)28-12-27-16/h2-3,8,11,13H,4-7,10,12H2,1H3,(H,21,24)(H,25,26)/b15-11-. The maximum absolute atomic E-state index is 12.0. The molecular formula is C19H22N4O5. The van der Waals surface area contributed by atoms with Gasteiger partial charge in [-0.1, -0.05) is 6.07 Å². The average molecular weight is 386 g/mol. The van der Waals surface area contributed by atoms with Crippen LogP contribution in [-0.4, -0.2) is 65.8 Å². The van der Waals surface area contributed by atoms with Crippen molar-refractivity contribution in [2.75, 3.05) is 33.0 Å². The molecular weight excluding hydrogens is 364 g/mol. The fourth-order valence-corrected chi connectivity index (χ4v) is 3.01. The Morgan fingerprint density at radius 1 is 1.29 bits per heavy atom. The minimum atomic E-state index is -1.15. The number of aliphatic carboxylic acids is 1. The van der Waals surface area contributed by atoms with Gasteiger partial charge in [0.05, 0.1) is 0 Å². The van der Waals surface area contributed by atoms with Crippen molar-refractivity contribution in [1.29, 1.82) is 5.26 Å². The summed E-state index contributed by atoms with van der Waals surface area (Å²) in [5.41, 5.74) is 1.03. The molecule has 148 valence electrons. The van der Waals surface area contributed by atoms with Gasteiger partial charge < -0.3 is 24.8 Å². The minimum Gasteiger partial charge on any atom is -0.480 e. The van der Waals surface area contributed by atoms with Crippen LogP contribution in [0.25, 0.3) is 0 Å². The van der Waals surface area contributed by atoms with Gasteiger partial charge in [-0.2, -0.15) is 5.26 Å². The molecule has 1 atom stereocenters. The van der Waals surface area contributed by atoms with Gasteiger partial charge in [-0.25, -0.2) is 0 Å². The largest absolute Gasteiger partial charge is 0.480 e. The lowest BCUT2D eigenvalue weighted by molar-refractivity contribution is -0.140. The molecule has 1 aromatic rings. The molecule has 2 aliphatic rings. The van der Waals surface area contributed by atoms with Crippen molar-refractivity contribution in [3.63, 3.8) is 0 Å². The Labute approximate surface area is 162 Å². The number of rotatable bonds is 6. The Morgan fingerprint density at radius 2 is 2.00 bits per heavy atom. The number of nitriles is 1. The van der Waals surface area contributed by atoms with E-state index in [4.69, 9.17) is 14.6 Å². The third-order valence-corrected chi connectivity index (χ3v) is 4.64. The van der Waals surface area contributed by atoms with Crippen molar-refractivity contribution in [2.45, 2.75) is 19.5 Å². The molecule has 0 saturated carbocycles. The highest BCUT2D eigenvalue weighted by Crippen LogP contribution is 2.32. The SMILES string of the molecule is CC(NC(=O)/C(C#N)=C\N1CCN(Cc2ccc3c(c2)OCO3)CC1)C(=O)O. The van der Waals surface area contributed by atoms with Crippen LogP contribution in [0, 0.1) is 11.3 Å². The van der Waals surface area contributed by atoms with Gasteiger partial charge in [0.2, 0.25) is 6.79 Å². The van der Waals surface area contributed by atoms with E-state index in [1.54, 1.807) is 0 Å². The molecule has 0 aliphatic carbocycles. The Kier molecular flexibility index (Phi) is 6.01. The maximum atomic E-state index is 12.0. The van der Waals surface area contributed by atoms with Crippen LogP contribution in [0.1, 0.15) is 12.5 Å². The number of benzene rings is 1. The molecule has 0 aromatic heterocycles. The second-order valence-electron chi connectivity index (χ2n) is 6.69. The fraction of sp³-hybridized carbons (Fsp3) is 0.421. The number of nitrogens with zero attached hydrogens (tertiary/aromatic N) is 3. The molecule has 1 fully saturated rings. The van der Waals surface area contributed by atoms with E-state index in [1.807, 2.05) is 29.2 Å². The van der Waals surface area contributed by atoms with Crippen LogP contribution in [0.5, 0.6) is 11.5 Å². The van der Waals surface area contributed by atoms with Gasteiger partial charge in [-0.3, -0.25) is 14.5 Å². The van der Waals surface area contributed by atoms with Crippen molar-refractivity contribution in [2.24, 2.45) is 0 Å².